The Morgan fingerprint density at radius 1 is 1.80 bits per heavy atom. The molecule has 0 rings (SSSR count). The molecular weight excluding hydrogens is 62.1 g/mol. The lowest BCUT2D eigenvalue weighted by molar-refractivity contribution is 1.79. The normalized spacial score (nSPS) is 5.40. The minimum Gasteiger partial charge on any atom is -0.300 e. The Morgan fingerprint density at radius 3 is 2.40 bits per heavy atom. The molecule has 0 heterocycles. The molecule has 0 aromatic heterocycles. The van der Waals surface area contributed by atoms with Crippen molar-refractivity contribution in [2.45, 2.75) is 0 Å². The van der Waals surface area contributed by atoms with E-state index in [1.165, 1.54) is 12.6 Å². The Balaban J connectivity index is 2.75. The first-order chi connectivity index (χ1) is 2.41. The Labute approximate surface area is 31.7 Å². The molecule has 0 aromatic rings. The van der Waals surface area contributed by atoms with Crippen molar-refractivity contribution in [3.63, 3.8) is 0 Å². The van der Waals surface area contributed by atoms with Crippen LogP contribution in [0.4, 0.5) is 0 Å². The van der Waals surface area contributed by atoms with E-state index < -0.39 is 0 Å². The molecule has 0 N–H and O–H groups in total. The van der Waals surface area contributed by atoms with Gasteiger partial charge >= 0.3 is 6.54 Å². The van der Waals surface area contributed by atoms with Crippen LogP contribution in [-0.4, -0.2) is 0 Å². The molecule has 0 atom stereocenters. The summed E-state index contributed by atoms with van der Waals surface area (Å²) in [5.74, 6) is 0. The zero-order valence-electron chi connectivity index (χ0n) is 2.81. The second-order valence-electron chi connectivity index (χ2n) is 0.514. The van der Waals surface area contributed by atoms with Gasteiger partial charge in [0.2, 0.25) is 0 Å². The largest absolute Gasteiger partial charge is 0.318 e. The molecule has 0 aliphatic rings. The summed E-state index contributed by atoms with van der Waals surface area (Å²) in [5, 5.41) is 0. The smallest absolute Gasteiger partial charge is 0.300 e. The first-order valence-electron chi connectivity index (χ1n) is 1.22. The van der Waals surface area contributed by atoms with Crippen LogP contribution in [0.1, 0.15) is 0 Å². The molecule has 1 heteroatoms. The first-order valence-corrected chi connectivity index (χ1v) is 1.22. The van der Waals surface area contributed by atoms with E-state index in [0.29, 0.717) is 0 Å². The SMILES string of the molecule is [C-]#[N+][CH]C=C. The van der Waals surface area contributed by atoms with Crippen molar-refractivity contribution in [2.24, 2.45) is 0 Å². The summed E-state index contributed by atoms with van der Waals surface area (Å²) in [6, 6.07) is 0. The molecule has 0 saturated carbocycles. The van der Waals surface area contributed by atoms with Crippen molar-refractivity contribution < 1.29 is 0 Å². The lowest BCUT2D eigenvalue weighted by Crippen LogP contribution is -1.40. The lowest BCUT2D eigenvalue weighted by Gasteiger charge is -1.54. The second-order valence-corrected chi connectivity index (χ2v) is 0.514. The van der Waals surface area contributed by atoms with E-state index in [1.807, 2.05) is 0 Å². The van der Waals surface area contributed by atoms with Gasteiger partial charge in [0.15, 0.2) is 0 Å². The van der Waals surface area contributed by atoms with Gasteiger partial charge in [-0.3, -0.25) is 0 Å². The fourth-order valence-electron chi connectivity index (χ4n) is 0.0527. The fourth-order valence-corrected chi connectivity index (χ4v) is 0.0527. The Morgan fingerprint density at radius 2 is 2.40 bits per heavy atom. The quantitative estimate of drug-likeness (QED) is 0.406. The molecule has 0 unspecified atom stereocenters. The molecule has 0 spiro atoms. The summed E-state index contributed by atoms with van der Waals surface area (Å²) in [6.07, 6.45) is 1.45. The van der Waals surface area contributed by atoms with E-state index in [9.17, 15) is 0 Å². The minimum atomic E-state index is 1.31. The van der Waals surface area contributed by atoms with E-state index in [-0.39, 0.29) is 0 Å². The maximum Gasteiger partial charge on any atom is 0.318 e. The van der Waals surface area contributed by atoms with Gasteiger partial charge in [0.1, 0.15) is 0 Å². The standard InChI is InChI=1S/C4H4N/c1-3-4-5-2/h3-4H,1H2. The zero-order chi connectivity index (χ0) is 4.12. The van der Waals surface area contributed by atoms with Crippen molar-refractivity contribution in [1.29, 1.82) is 0 Å². The van der Waals surface area contributed by atoms with Gasteiger partial charge in [-0.25, -0.2) is 6.57 Å². The highest BCUT2D eigenvalue weighted by Gasteiger charge is 1.63. The van der Waals surface area contributed by atoms with Gasteiger partial charge < -0.3 is 4.85 Å². The van der Waals surface area contributed by atoms with E-state index in [1.54, 1.807) is 0 Å². The maximum atomic E-state index is 6.10. The zero-order valence-corrected chi connectivity index (χ0v) is 2.81. The highest BCUT2D eigenvalue weighted by Crippen LogP contribution is 1.71. The molecule has 0 bridgehead atoms. The summed E-state index contributed by atoms with van der Waals surface area (Å²) >= 11 is 0. The van der Waals surface area contributed by atoms with E-state index in [0.717, 1.165) is 0 Å². The number of rotatable bonds is 1. The number of nitrogens with zero attached hydrogens (tertiary/aromatic N) is 1. The Bertz CT molecular complexity index is 58.5. The van der Waals surface area contributed by atoms with Crippen LogP contribution in [0.5, 0.6) is 0 Å². The van der Waals surface area contributed by atoms with Crippen molar-refractivity contribution in [1.82, 2.24) is 0 Å². The Hall–Kier alpha value is -0.770. The van der Waals surface area contributed by atoms with Crippen LogP contribution in [0.25, 0.3) is 4.85 Å². The minimum absolute atomic E-state index is 1.31. The average molecular weight is 66.1 g/mol. The third-order valence-corrected chi connectivity index (χ3v) is 0.180. The molecule has 1 nitrogen and oxygen atoms in total. The van der Waals surface area contributed by atoms with Crippen LogP contribution in [-0.2, 0) is 0 Å². The van der Waals surface area contributed by atoms with Gasteiger partial charge in [0.05, 0.1) is 0 Å². The predicted molar refractivity (Wildman–Crippen MR) is 21.1 cm³/mol. The van der Waals surface area contributed by atoms with Gasteiger partial charge in [-0.05, 0) is 6.08 Å². The summed E-state index contributed by atoms with van der Waals surface area (Å²) in [7, 11) is 0. The fraction of sp³-hybridized carbons (Fsp3) is 0. The van der Waals surface area contributed by atoms with Crippen LogP contribution in [0.15, 0.2) is 12.7 Å². The maximum absolute atomic E-state index is 6.10. The van der Waals surface area contributed by atoms with Crippen LogP contribution in [0, 0.1) is 13.1 Å². The summed E-state index contributed by atoms with van der Waals surface area (Å²) < 4.78 is 0. The molecule has 0 amide bonds. The Kier molecular flexibility index (Phi) is 2.73. The van der Waals surface area contributed by atoms with Gasteiger partial charge in [-0.1, -0.05) is 6.58 Å². The molecule has 1 radical (unpaired) electrons. The highest BCUT2D eigenvalue weighted by molar-refractivity contribution is 4.92. The van der Waals surface area contributed by atoms with Gasteiger partial charge in [0, 0.05) is 0 Å². The molecule has 0 aliphatic carbocycles. The third-order valence-electron chi connectivity index (χ3n) is 0.180. The van der Waals surface area contributed by atoms with Crippen LogP contribution >= 0.6 is 0 Å². The molecule has 5 heavy (non-hydrogen) atoms. The lowest BCUT2D eigenvalue weighted by atomic mass is 10.7. The van der Waals surface area contributed by atoms with Crippen molar-refractivity contribution >= 4 is 0 Å². The molecular formula is C4H4N. The summed E-state index contributed by atoms with van der Waals surface area (Å²) in [4.78, 5) is 2.86. The molecule has 0 aromatic carbocycles. The van der Waals surface area contributed by atoms with Gasteiger partial charge in [0.25, 0.3) is 0 Å². The van der Waals surface area contributed by atoms with Crippen molar-refractivity contribution in [3.05, 3.63) is 30.6 Å². The van der Waals surface area contributed by atoms with Crippen LogP contribution in [0.2, 0.25) is 0 Å². The highest BCUT2D eigenvalue weighted by atomic mass is 14.6. The first kappa shape index (κ1) is 4.23. The third kappa shape index (κ3) is 3.23. The molecule has 0 aliphatic heterocycles. The van der Waals surface area contributed by atoms with Crippen LogP contribution in [0.3, 0.4) is 0 Å². The van der Waals surface area contributed by atoms with E-state index in [2.05, 4.69) is 11.4 Å². The second kappa shape index (κ2) is 3.23. The van der Waals surface area contributed by atoms with Crippen LogP contribution < -0.4 is 0 Å². The van der Waals surface area contributed by atoms with Gasteiger partial charge in [-0.15, -0.1) is 0 Å². The number of hydrogen-bond acceptors (Lipinski definition) is 0. The van der Waals surface area contributed by atoms with Crippen molar-refractivity contribution in [3.8, 4) is 0 Å². The van der Waals surface area contributed by atoms with Gasteiger partial charge in [-0.2, -0.15) is 0 Å². The van der Waals surface area contributed by atoms with E-state index >= 15 is 0 Å². The topological polar surface area (TPSA) is 4.36 Å². The molecule has 25 valence electrons. The monoisotopic (exact) mass is 66.0 g/mol. The summed E-state index contributed by atoms with van der Waals surface area (Å²) in [5.41, 5.74) is 0. The molecule has 0 saturated heterocycles. The van der Waals surface area contributed by atoms with Crippen molar-refractivity contribution in [2.75, 3.05) is 0 Å². The molecule has 0 fully saturated rings. The number of hydrogen-bond donors (Lipinski definition) is 0. The predicted octanol–water partition coefficient (Wildman–Crippen LogP) is 1.25. The summed E-state index contributed by atoms with van der Waals surface area (Å²) in [6.45, 7) is 10.7. The van der Waals surface area contributed by atoms with E-state index in [4.69, 9.17) is 6.57 Å². The average Bonchev–Trinajstić information content (AvgIpc) is 1.41.